The third kappa shape index (κ3) is 2.92. The van der Waals surface area contributed by atoms with Crippen molar-refractivity contribution < 1.29 is 8.81 Å². The van der Waals surface area contributed by atoms with Crippen molar-refractivity contribution in [2.75, 3.05) is 6.54 Å². The summed E-state index contributed by atoms with van der Waals surface area (Å²) in [7, 11) is 0. The van der Waals surface area contributed by atoms with Crippen molar-refractivity contribution in [1.82, 2.24) is 14.9 Å². The van der Waals surface area contributed by atoms with Gasteiger partial charge in [-0.2, -0.15) is 0 Å². The van der Waals surface area contributed by atoms with Crippen LogP contribution in [0.15, 0.2) is 64.1 Å². The van der Waals surface area contributed by atoms with E-state index in [-0.39, 0.29) is 5.56 Å². The quantitative estimate of drug-likeness (QED) is 0.579. The molecule has 0 amide bonds. The molecule has 1 aliphatic heterocycles. The van der Waals surface area contributed by atoms with Gasteiger partial charge in [0, 0.05) is 47.8 Å². The molecule has 0 radical (unpaired) electrons. The maximum Gasteiger partial charge on any atom is 0.255 e. The highest BCUT2D eigenvalue weighted by molar-refractivity contribution is 5.84. The molecule has 4 aromatic rings. The van der Waals surface area contributed by atoms with Gasteiger partial charge in [-0.05, 0) is 43.3 Å². The van der Waals surface area contributed by atoms with Crippen LogP contribution in [0.2, 0.25) is 0 Å². The van der Waals surface area contributed by atoms with Crippen molar-refractivity contribution in [3.63, 3.8) is 0 Å². The Morgan fingerprint density at radius 2 is 2.07 bits per heavy atom. The largest absolute Gasteiger partial charge is 0.461 e. The summed E-state index contributed by atoms with van der Waals surface area (Å²) in [6.45, 7) is 1.80. The highest BCUT2D eigenvalue weighted by Gasteiger charge is 2.17. The predicted molar refractivity (Wildman–Crippen MR) is 105 cm³/mol. The van der Waals surface area contributed by atoms with Crippen molar-refractivity contribution >= 4 is 11.0 Å². The number of nitrogens with one attached hydrogen (secondary N) is 1. The number of halogens is 1. The molecule has 0 aliphatic carbocycles. The fraction of sp³-hybridized carbons (Fsp3) is 0.182. The van der Waals surface area contributed by atoms with E-state index in [9.17, 15) is 9.18 Å². The minimum Gasteiger partial charge on any atom is -0.461 e. The molecule has 3 aromatic heterocycles. The zero-order valence-corrected chi connectivity index (χ0v) is 15.1. The van der Waals surface area contributed by atoms with Crippen LogP contribution in [0.1, 0.15) is 17.7 Å². The van der Waals surface area contributed by atoms with Crippen LogP contribution in [-0.4, -0.2) is 16.1 Å². The van der Waals surface area contributed by atoms with Crippen LogP contribution in [-0.2, 0) is 13.0 Å². The molecule has 0 unspecified atom stereocenters. The summed E-state index contributed by atoms with van der Waals surface area (Å²) in [6, 6.07) is 12.0. The minimum absolute atomic E-state index is 0.183. The molecule has 0 spiro atoms. The molecule has 140 valence electrons. The second-order valence-corrected chi connectivity index (χ2v) is 6.95. The van der Waals surface area contributed by atoms with Gasteiger partial charge in [-0.3, -0.25) is 14.3 Å². The van der Waals surface area contributed by atoms with Gasteiger partial charge in [0.15, 0.2) is 0 Å². The van der Waals surface area contributed by atoms with Crippen LogP contribution in [0.25, 0.3) is 27.9 Å². The molecule has 1 aromatic carbocycles. The zero-order valence-electron chi connectivity index (χ0n) is 15.1. The van der Waals surface area contributed by atoms with E-state index in [1.807, 2.05) is 18.2 Å². The molecule has 0 atom stereocenters. The summed E-state index contributed by atoms with van der Waals surface area (Å²) in [5.74, 6) is 0.625. The molecule has 4 heterocycles. The van der Waals surface area contributed by atoms with E-state index in [4.69, 9.17) is 4.42 Å². The first kappa shape index (κ1) is 16.9. The van der Waals surface area contributed by atoms with E-state index in [1.54, 1.807) is 22.9 Å². The number of hydrogen-bond donors (Lipinski definition) is 1. The van der Waals surface area contributed by atoms with Crippen molar-refractivity contribution in [2.45, 2.75) is 19.4 Å². The number of aromatic nitrogens is 2. The van der Waals surface area contributed by atoms with Crippen molar-refractivity contribution in [1.29, 1.82) is 0 Å². The number of nitrogens with zero attached hydrogens (tertiary/aromatic N) is 2. The first-order valence-corrected chi connectivity index (χ1v) is 9.29. The Balaban J connectivity index is 1.54. The summed E-state index contributed by atoms with van der Waals surface area (Å²) in [5.41, 5.74) is 3.78. The molecule has 5 rings (SSSR count). The first-order chi connectivity index (χ1) is 13.7. The number of fused-ring (bicyclic) bond motifs is 3. The number of furan rings is 1. The molecule has 1 aliphatic rings. The molecule has 0 bridgehead atoms. The van der Waals surface area contributed by atoms with Crippen molar-refractivity contribution in [2.24, 2.45) is 0 Å². The summed E-state index contributed by atoms with van der Waals surface area (Å²) >= 11 is 0. The Hall–Kier alpha value is -3.25. The number of rotatable bonds is 2. The van der Waals surface area contributed by atoms with Gasteiger partial charge in [0.25, 0.3) is 5.56 Å². The number of benzene rings is 1. The molecule has 0 fully saturated rings. The van der Waals surface area contributed by atoms with Crippen LogP contribution in [0, 0.1) is 5.82 Å². The van der Waals surface area contributed by atoms with E-state index in [0.29, 0.717) is 11.3 Å². The number of aryl methyl sites for hydroxylation is 1. The maximum absolute atomic E-state index is 13.1. The topological polar surface area (TPSA) is 60.1 Å². The Morgan fingerprint density at radius 1 is 1.14 bits per heavy atom. The van der Waals surface area contributed by atoms with E-state index in [2.05, 4.69) is 10.3 Å². The normalized spacial score (nSPS) is 14.0. The van der Waals surface area contributed by atoms with E-state index in [1.165, 1.54) is 17.7 Å². The summed E-state index contributed by atoms with van der Waals surface area (Å²) in [4.78, 5) is 16.7. The predicted octanol–water partition coefficient (Wildman–Crippen LogP) is 3.82. The third-order valence-corrected chi connectivity index (χ3v) is 5.14. The lowest BCUT2D eigenvalue weighted by Crippen LogP contribution is -2.16. The molecule has 0 saturated carbocycles. The van der Waals surface area contributed by atoms with Crippen molar-refractivity contribution in [3.05, 3.63) is 82.4 Å². The van der Waals surface area contributed by atoms with Crippen molar-refractivity contribution in [3.8, 4) is 16.9 Å². The first-order valence-electron chi connectivity index (χ1n) is 9.29. The lowest BCUT2D eigenvalue weighted by molar-refractivity contribution is 0.541. The van der Waals surface area contributed by atoms with Gasteiger partial charge in [-0.1, -0.05) is 0 Å². The van der Waals surface area contributed by atoms with Crippen LogP contribution in [0.3, 0.4) is 0 Å². The fourth-order valence-electron chi connectivity index (χ4n) is 3.72. The van der Waals surface area contributed by atoms with Gasteiger partial charge in [-0.25, -0.2) is 4.39 Å². The van der Waals surface area contributed by atoms with E-state index >= 15 is 0 Å². The molecule has 5 nitrogen and oxygen atoms in total. The highest BCUT2D eigenvalue weighted by atomic mass is 19.1. The third-order valence-electron chi connectivity index (χ3n) is 5.14. The molecule has 0 saturated heterocycles. The second-order valence-electron chi connectivity index (χ2n) is 6.95. The summed E-state index contributed by atoms with van der Waals surface area (Å²) in [5, 5.41) is 4.51. The second kappa shape index (κ2) is 6.73. The SMILES string of the molecule is O=c1cc(-c2ccc(F)cn2)ccn1-c1ccc2c3c(oc2c1)CCCNC3. The average Bonchev–Trinajstić information content (AvgIpc) is 2.88. The standard InChI is InChI=1S/C22H18FN3O2/c23-15-3-6-19(25-12-15)14-7-9-26(22(27)10-14)16-4-5-17-18-13-24-8-1-2-20(18)28-21(17)11-16/h3-7,9-12,24H,1-2,8,13H2. The molecular formula is C22H18FN3O2. The highest BCUT2D eigenvalue weighted by Crippen LogP contribution is 2.29. The van der Waals surface area contributed by atoms with Crippen LogP contribution in [0.5, 0.6) is 0 Å². The average molecular weight is 375 g/mol. The van der Waals surface area contributed by atoms with Gasteiger partial charge < -0.3 is 9.73 Å². The van der Waals surface area contributed by atoms with Crippen LogP contribution < -0.4 is 10.9 Å². The van der Waals surface area contributed by atoms with Gasteiger partial charge in [0.05, 0.1) is 17.6 Å². The van der Waals surface area contributed by atoms with E-state index in [0.717, 1.165) is 54.5 Å². The monoisotopic (exact) mass is 375 g/mol. The van der Waals surface area contributed by atoms with Gasteiger partial charge >= 0.3 is 0 Å². The van der Waals surface area contributed by atoms with Crippen LogP contribution >= 0.6 is 0 Å². The minimum atomic E-state index is -0.405. The number of hydrogen-bond acceptors (Lipinski definition) is 4. The lowest BCUT2D eigenvalue weighted by Gasteiger charge is -2.07. The number of pyridine rings is 2. The van der Waals surface area contributed by atoms with Gasteiger partial charge in [0.1, 0.15) is 17.2 Å². The molecule has 1 N–H and O–H groups in total. The Labute approximate surface area is 160 Å². The molecular weight excluding hydrogens is 357 g/mol. The zero-order chi connectivity index (χ0) is 19.1. The lowest BCUT2D eigenvalue weighted by atomic mass is 10.1. The summed E-state index contributed by atoms with van der Waals surface area (Å²) in [6.07, 6.45) is 4.83. The van der Waals surface area contributed by atoms with Gasteiger partial charge in [0.2, 0.25) is 0 Å². The smallest absolute Gasteiger partial charge is 0.255 e. The Kier molecular flexibility index (Phi) is 4.06. The Bertz CT molecular complexity index is 1220. The fourth-order valence-corrected chi connectivity index (χ4v) is 3.72. The van der Waals surface area contributed by atoms with Crippen LogP contribution in [0.4, 0.5) is 4.39 Å². The Morgan fingerprint density at radius 3 is 2.89 bits per heavy atom. The molecule has 6 heteroatoms. The van der Waals surface area contributed by atoms with Gasteiger partial charge in [-0.15, -0.1) is 0 Å². The van der Waals surface area contributed by atoms with E-state index < -0.39 is 5.82 Å². The molecule has 28 heavy (non-hydrogen) atoms. The maximum atomic E-state index is 13.1. The summed E-state index contributed by atoms with van der Waals surface area (Å²) < 4.78 is 20.7.